The lowest BCUT2D eigenvalue weighted by atomic mass is 10.1. The summed E-state index contributed by atoms with van der Waals surface area (Å²) in [7, 11) is -2.49. The van der Waals surface area contributed by atoms with E-state index in [1.807, 2.05) is 6.92 Å². The molecule has 0 spiro atoms. The molecule has 4 atom stereocenters. The highest BCUT2D eigenvalue weighted by atomic mass is 32.2. The summed E-state index contributed by atoms with van der Waals surface area (Å²) in [5.41, 5.74) is 5.69. The van der Waals surface area contributed by atoms with Crippen molar-refractivity contribution >= 4 is 20.0 Å². The van der Waals surface area contributed by atoms with Gasteiger partial charge in [-0.15, -0.1) is 9.42 Å². The van der Waals surface area contributed by atoms with Crippen LogP contribution in [-0.4, -0.2) is 28.0 Å². The molecule has 0 aromatic rings. The first kappa shape index (κ1) is 10.4. The van der Waals surface area contributed by atoms with E-state index in [-0.39, 0.29) is 17.4 Å². The quantitative estimate of drug-likeness (QED) is 0.662. The van der Waals surface area contributed by atoms with Crippen LogP contribution in [0.15, 0.2) is 0 Å². The van der Waals surface area contributed by atoms with Gasteiger partial charge in [-0.3, -0.25) is 0 Å². The van der Waals surface area contributed by atoms with Crippen LogP contribution in [0.4, 0.5) is 0 Å². The molecule has 0 amide bonds. The Kier molecular flexibility index (Phi) is 3.93. The van der Waals surface area contributed by atoms with Crippen molar-refractivity contribution in [2.24, 2.45) is 5.73 Å². The smallest absolute Gasteiger partial charge is 0.327 e. The largest absolute Gasteiger partial charge is 0.695 e. The molecule has 1 saturated heterocycles. The Morgan fingerprint density at radius 1 is 1.75 bits per heavy atom. The van der Waals surface area contributed by atoms with Gasteiger partial charge in [-0.05, 0) is 6.42 Å². The summed E-state index contributed by atoms with van der Waals surface area (Å²) in [5, 5.41) is 0.260. The molecule has 1 heterocycles. The first-order valence-corrected chi connectivity index (χ1v) is 5.97. The molecule has 0 bridgehead atoms. The normalized spacial score (nSPS) is 37.9. The van der Waals surface area contributed by atoms with Crippen LogP contribution >= 0.6 is 20.0 Å². The monoisotopic (exact) mass is 210 g/mol. The highest BCUT2D eigenvalue weighted by Gasteiger charge is 2.33. The second-order valence-electron chi connectivity index (χ2n) is 2.92. The lowest BCUT2D eigenvalue weighted by Crippen LogP contribution is -2.39. The highest BCUT2D eigenvalue weighted by molar-refractivity contribution is 8.00. The van der Waals surface area contributed by atoms with Crippen molar-refractivity contribution in [2.75, 3.05) is 5.75 Å². The maximum atomic E-state index is 10.4. The molecule has 0 aliphatic carbocycles. The molecule has 1 aliphatic rings. The summed E-state index contributed by atoms with van der Waals surface area (Å²) in [6, 6.07) is 0.0890. The van der Waals surface area contributed by atoms with Crippen molar-refractivity contribution in [2.45, 2.75) is 30.7 Å². The Morgan fingerprint density at radius 3 is 3.00 bits per heavy atom. The Balaban J connectivity index is 2.43. The van der Waals surface area contributed by atoms with Crippen LogP contribution in [0, 0.1) is 0 Å². The van der Waals surface area contributed by atoms with Gasteiger partial charge in [0.05, 0.1) is 0 Å². The van der Waals surface area contributed by atoms with Crippen LogP contribution < -0.4 is 5.73 Å². The Bertz CT molecular complexity index is 180. The van der Waals surface area contributed by atoms with E-state index in [1.165, 1.54) is 0 Å². The molecule has 4 unspecified atom stereocenters. The highest BCUT2D eigenvalue weighted by Crippen LogP contribution is 2.32. The maximum absolute atomic E-state index is 10.4. The van der Waals surface area contributed by atoms with Crippen molar-refractivity contribution in [1.29, 1.82) is 0 Å². The topological polar surface area (TPSA) is 72.5 Å². The molecule has 0 aromatic carbocycles. The van der Waals surface area contributed by atoms with Crippen molar-refractivity contribution in [1.82, 2.24) is 0 Å². The van der Waals surface area contributed by atoms with E-state index < -0.39 is 8.25 Å². The van der Waals surface area contributed by atoms with Crippen molar-refractivity contribution in [3.63, 3.8) is 0 Å². The zero-order valence-corrected chi connectivity index (χ0v) is 8.55. The van der Waals surface area contributed by atoms with Gasteiger partial charge in [0.1, 0.15) is 6.10 Å². The van der Waals surface area contributed by atoms with E-state index in [9.17, 15) is 4.57 Å². The van der Waals surface area contributed by atoms with Crippen LogP contribution in [0.5, 0.6) is 0 Å². The van der Waals surface area contributed by atoms with Gasteiger partial charge < -0.3 is 5.73 Å². The van der Waals surface area contributed by atoms with Crippen molar-refractivity contribution < 1.29 is 14.0 Å². The van der Waals surface area contributed by atoms with Gasteiger partial charge in [-0.25, -0.2) is 0 Å². The number of nitrogens with two attached hydrogens (primary N) is 1. The third-order valence-electron chi connectivity index (χ3n) is 1.86. The summed E-state index contributed by atoms with van der Waals surface area (Å²) in [4.78, 5) is 8.55. The van der Waals surface area contributed by atoms with Gasteiger partial charge in [-0.2, -0.15) is 11.8 Å². The molecule has 1 rings (SSSR count). The van der Waals surface area contributed by atoms with Gasteiger partial charge in [0, 0.05) is 21.6 Å². The van der Waals surface area contributed by atoms with Gasteiger partial charge in [-0.1, -0.05) is 6.92 Å². The Morgan fingerprint density at radius 2 is 2.42 bits per heavy atom. The third-order valence-corrected chi connectivity index (χ3v) is 3.76. The fourth-order valence-corrected chi connectivity index (χ4v) is 2.84. The Labute approximate surface area is 76.8 Å². The zero-order valence-electron chi connectivity index (χ0n) is 6.84. The number of hydrogen-bond acceptors (Lipinski definition) is 4. The predicted octanol–water partition coefficient (Wildman–Crippen LogP) is 0.874. The minimum Gasteiger partial charge on any atom is -0.327 e. The molecule has 0 saturated carbocycles. The minimum absolute atomic E-state index is 0.0890. The zero-order chi connectivity index (χ0) is 9.14. The standard InChI is InChI=1S/C6H12NO3PS/c1-4-6(10-11(8)9)2-5(7)3-12-4/h4-6H,2-3,7H2,1H3/p+1. The molecular weight excluding hydrogens is 197 g/mol. The predicted molar refractivity (Wildman–Crippen MR) is 49.2 cm³/mol. The average Bonchev–Trinajstić information content (AvgIpc) is 1.96. The maximum Gasteiger partial charge on any atom is 0.695 e. The number of thioether (sulfide) groups is 1. The van der Waals surface area contributed by atoms with Gasteiger partial charge >= 0.3 is 8.25 Å². The summed E-state index contributed by atoms with van der Waals surface area (Å²) in [6.07, 6.45) is 0.503. The van der Waals surface area contributed by atoms with E-state index in [1.54, 1.807) is 11.8 Å². The summed E-state index contributed by atoms with van der Waals surface area (Å²) in [5.74, 6) is 0.906. The SMILES string of the molecule is CC1SCC(N)CC1O[P+](=O)O. The van der Waals surface area contributed by atoms with E-state index in [0.29, 0.717) is 6.42 Å². The molecule has 70 valence electrons. The lowest BCUT2D eigenvalue weighted by Gasteiger charge is -2.27. The van der Waals surface area contributed by atoms with Crippen LogP contribution in [0.3, 0.4) is 0 Å². The van der Waals surface area contributed by atoms with Crippen LogP contribution in [0.25, 0.3) is 0 Å². The molecule has 12 heavy (non-hydrogen) atoms. The van der Waals surface area contributed by atoms with Crippen LogP contribution in [0.1, 0.15) is 13.3 Å². The van der Waals surface area contributed by atoms with E-state index >= 15 is 0 Å². The summed E-state index contributed by atoms with van der Waals surface area (Å²) < 4.78 is 15.2. The summed E-state index contributed by atoms with van der Waals surface area (Å²) >= 11 is 1.69. The van der Waals surface area contributed by atoms with Crippen molar-refractivity contribution in [3.05, 3.63) is 0 Å². The van der Waals surface area contributed by atoms with E-state index in [2.05, 4.69) is 0 Å². The number of hydrogen-bond donors (Lipinski definition) is 2. The van der Waals surface area contributed by atoms with Gasteiger partial charge in [0.15, 0.2) is 0 Å². The first-order chi connectivity index (χ1) is 5.59. The Hall–Kier alpha value is 0.330. The molecular formula is C6H13NO3PS+. The molecule has 0 aromatic heterocycles. The van der Waals surface area contributed by atoms with E-state index in [4.69, 9.17) is 15.2 Å². The van der Waals surface area contributed by atoms with Crippen LogP contribution in [0.2, 0.25) is 0 Å². The molecule has 0 radical (unpaired) electrons. The van der Waals surface area contributed by atoms with Gasteiger partial charge in [0.2, 0.25) is 0 Å². The fraction of sp³-hybridized carbons (Fsp3) is 1.00. The summed E-state index contributed by atoms with van der Waals surface area (Å²) in [6.45, 7) is 1.99. The fourth-order valence-electron chi connectivity index (χ4n) is 1.19. The third kappa shape index (κ3) is 2.99. The average molecular weight is 210 g/mol. The molecule has 1 aliphatic heterocycles. The first-order valence-electron chi connectivity index (χ1n) is 3.79. The molecule has 1 fully saturated rings. The molecule has 4 nitrogen and oxygen atoms in total. The molecule has 3 N–H and O–H groups in total. The van der Waals surface area contributed by atoms with Crippen molar-refractivity contribution in [3.8, 4) is 0 Å². The minimum atomic E-state index is -2.49. The number of rotatable bonds is 2. The molecule has 6 heteroatoms. The van der Waals surface area contributed by atoms with E-state index in [0.717, 1.165) is 5.75 Å². The van der Waals surface area contributed by atoms with Crippen LogP contribution in [-0.2, 0) is 9.09 Å². The second-order valence-corrected chi connectivity index (χ2v) is 5.01. The second kappa shape index (κ2) is 4.53. The lowest BCUT2D eigenvalue weighted by molar-refractivity contribution is 0.170. The van der Waals surface area contributed by atoms with Gasteiger partial charge in [0.25, 0.3) is 0 Å².